The molecule has 2 N–H and O–H groups in total. The molecule has 172 valence electrons. The predicted molar refractivity (Wildman–Crippen MR) is 110 cm³/mol. The molecule has 4 rings (SSSR count). The summed E-state index contributed by atoms with van der Waals surface area (Å²) >= 11 is 5.94. The average Bonchev–Trinajstić information content (AvgIpc) is 3.35. The first-order valence-electron chi connectivity index (χ1n) is 11.0. The SMILES string of the molecule is CC(C)O[C@@H]1C[C@@H](C(=O)NC(c2c(F)ccc(Cl)c2F)C23CCC(F)(CC2)C3)C[C@@H]1O. The summed E-state index contributed by atoms with van der Waals surface area (Å²) < 4.78 is 50.5. The van der Waals surface area contributed by atoms with Gasteiger partial charge < -0.3 is 15.2 Å². The van der Waals surface area contributed by atoms with Gasteiger partial charge in [0.1, 0.15) is 17.3 Å². The second-order valence-corrected chi connectivity index (χ2v) is 10.3. The van der Waals surface area contributed by atoms with Crippen molar-refractivity contribution >= 4 is 17.5 Å². The van der Waals surface area contributed by atoms with Gasteiger partial charge in [-0.2, -0.15) is 0 Å². The zero-order chi connectivity index (χ0) is 22.6. The van der Waals surface area contributed by atoms with E-state index < -0.39 is 52.8 Å². The first-order chi connectivity index (χ1) is 14.5. The van der Waals surface area contributed by atoms with E-state index in [4.69, 9.17) is 16.3 Å². The molecule has 3 aliphatic carbocycles. The molecule has 3 fully saturated rings. The number of hydrogen-bond acceptors (Lipinski definition) is 3. The monoisotopic (exact) mass is 459 g/mol. The molecule has 3 aliphatic rings. The minimum atomic E-state index is -1.35. The number of aliphatic hydroxyl groups is 1. The summed E-state index contributed by atoms with van der Waals surface area (Å²) in [6.45, 7) is 3.70. The van der Waals surface area contributed by atoms with Crippen LogP contribution in [-0.2, 0) is 9.53 Å². The molecule has 31 heavy (non-hydrogen) atoms. The highest BCUT2D eigenvalue weighted by Gasteiger charge is 2.59. The number of carbonyl (C=O) groups excluding carboxylic acids is 1. The lowest BCUT2D eigenvalue weighted by molar-refractivity contribution is -0.127. The normalized spacial score (nSPS) is 35.7. The highest BCUT2D eigenvalue weighted by Crippen LogP contribution is 2.63. The Morgan fingerprint density at radius 1 is 1.23 bits per heavy atom. The molecule has 2 bridgehead atoms. The molecule has 3 saturated carbocycles. The van der Waals surface area contributed by atoms with Gasteiger partial charge in [0.2, 0.25) is 5.91 Å². The smallest absolute Gasteiger partial charge is 0.223 e. The summed E-state index contributed by atoms with van der Waals surface area (Å²) in [6, 6.07) is 1.19. The van der Waals surface area contributed by atoms with Crippen LogP contribution in [0, 0.1) is 23.0 Å². The van der Waals surface area contributed by atoms with Gasteiger partial charge >= 0.3 is 0 Å². The number of amides is 1. The number of hydrogen-bond donors (Lipinski definition) is 2. The van der Waals surface area contributed by atoms with E-state index in [1.54, 1.807) is 0 Å². The lowest BCUT2D eigenvalue weighted by Gasteiger charge is -2.37. The van der Waals surface area contributed by atoms with Crippen LogP contribution >= 0.6 is 11.6 Å². The topological polar surface area (TPSA) is 58.6 Å². The number of halogens is 4. The molecule has 0 spiro atoms. The highest BCUT2D eigenvalue weighted by molar-refractivity contribution is 6.30. The molecule has 0 aromatic heterocycles. The Balaban J connectivity index is 1.63. The standard InChI is InChI=1S/C23H29ClF3NO3/c1-12(2)31-17-10-13(9-16(17)29)21(30)28-20(18-15(25)4-3-14(24)19(18)26)22-5-7-23(27,11-22)8-6-22/h3-4,12-13,16-17,20,29H,5-11H2,1-2H3,(H,28,30)/t13-,16-,17+,20?,22?,23?/m0/s1. The fourth-order valence-electron chi connectivity index (χ4n) is 5.86. The van der Waals surface area contributed by atoms with Crippen LogP contribution in [0.4, 0.5) is 13.2 Å². The molecule has 1 unspecified atom stereocenters. The number of ether oxygens (including phenoxy) is 1. The van der Waals surface area contributed by atoms with Gasteiger partial charge in [0, 0.05) is 11.5 Å². The zero-order valence-corrected chi connectivity index (χ0v) is 18.5. The van der Waals surface area contributed by atoms with Crippen molar-refractivity contribution in [1.82, 2.24) is 5.32 Å². The summed E-state index contributed by atoms with van der Waals surface area (Å²) in [5.41, 5.74) is -2.42. The van der Waals surface area contributed by atoms with E-state index in [9.17, 15) is 23.1 Å². The lowest BCUT2D eigenvalue weighted by atomic mass is 9.74. The van der Waals surface area contributed by atoms with Crippen LogP contribution in [-0.4, -0.2) is 35.0 Å². The first kappa shape index (κ1) is 22.9. The molecule has 1 aromatic carbocycles. The van der Waals surface area contributed by atoms with E-state index in [-0.39, 0.29) is 29.5 Å². The molecule has 0 saturated heterocycles. The summed E-state index contributed by atoms with van der Waals surface area (Å²) in [7, 11) is 0. The summed E-state index contributed by atoms with van der Waals surface area (Å²) in [5.74, 6) is -2.69. The molecule has 1 aromatic rings. The fourth-order valence-corrected chi connectivity index (χ4v) is 6.02. The zero-order valence-electron chi connectivity index (χ0n) is 17.8. The van der Waals surface area contributed by atoms with E-state index in [1.165, 1.54) is 0 Å². The Bertz CT molecular complexity index is 857. The summed E-state index contributed by atoms with van der Waals surface area (Å²) in [6.07, 6.45) is 0.827. The van der Waals surface area contributed by atoms with Gasteiger partial charge in [0.05, 0.1) is 29.4 Å². The number of nitrogens with one attached hydrogen (secondary N) is 1. The van der Waals surface area contributed by atoms with E-state index >= 15 is 0 Å². The van der Waals surface area contributed by atoms with E-state index in [1.807, 2.05) is 13.8 Å². The van der Waals surface area contributed by atoms with Crippen molar-refractivity contribution in [3.8, 4) is 0 Å². The minimum Gasteiger partial charge on any atom is -0.390 e. The van der Waals surface area contributed by atoms with Gasteiger partial charge in [-0.1, -0.05) is 11.6 Å². The molecular weight excluding hydrogens is 431 g/mol. The minimum absolute atomic E-state index is 0.0996. The van der Waals surface area contributed by atoms with Crippen molar-refractivity contribution < 1.29 is 27.8 Å². The molecule has 4 nitrogen and oxygen atoms in total. The van der Waals surface area contributed by atoms with Gasteiger partial charge in [-0.15, -0.1) is 0 Å². The van der Waals surface area contributed by atoms with Crippen LogP contribution in [0.5, 0.6) is 0 Å². The largest absolute Gasteiger partial charge is 0.390 e. The Morgan fingerprint density at radius 2 is 1.90 bits per heavy atom. The average molecular weight is 460 g/mol. The van der Waals surface area contributed by atoms with E-state index in [0.717, 1.165) is 12.1 Å². The van der Waals surface area contributed by atoms with Crippen molar-refractivity contribution in [2.75, 3.05) is 0 Å². The molecular formula is C23H29ClF3NO3. The van der Waals surface area contributed by atoms with Gasteiger partial charge in [-0.05, 0) is 76.3 Å². The van der Waals surface area contributed by atoms with Crippen LogP contribution in [0.1, 0.15) is 70.4 Å². The molecule has 8 heteroatoms. The number of aliphatic hydroxyl groups excluding tert-OH is 1. The third-order valence-corrected chi connectivity index (χ3v) is 7.66. The van der Waals surface area contributed by atoms with E-state index in [2.05, 4.69) is 5.32 Å². The Morgan fingerprint density at radius 3 is 2.48 bits per heavy atom. The number of alkyl halides is 1. The summed E-state index contributed by atoms with van der Waals surface area (Å²) in [5, 5.41) is 12.9. The van der Waals surface area contributed by atoms with E-state index in [0.29, 0.717) is 32.1 Å². The highest BCUT2D eigenvalue weighted by atomic mass is 35.5. The van der Waals surface area contributed by atoms with Gasteiger partial charge in [-0.3, -0.25) is 4.79 Å². The Kier molecular flexibility index (Phi) is 6.07. The maximum Gasteiger partial charge on any atom is 0.223 e. The van der Waals surface area contributed by atoms with Crippen molar-refractivity contribution in [3.05, 3.63) is 34.4 Å². The third-order valence-electron chi connectivity index (χ3n) is 7.37. The molecule has 4 atom stereocenters. The quantitative estimate of drug-likeness (QED) is 0.588. The van der Waals surface area contributed by atoms with Crippen LogP contribution in [0.25, 0.3) is 0 Å². The second-order valence-electron chi connectivity index (χ2n) is 9.85. The van der Waals surface area contributed by atoms with Crippen molar-refractivity contribution in [2.45, 2.75) is 88.8 Å². The molecule has 0 heterocycles. The van der Waals surface area contributed by atoms with Crippen molar-refractivity contribution in [1.29, 1.82) is 0 Å². The number of rotatable bonds is 6. The van der Waals surface area contributed by atoms with Gasteiger partial charge in [0.15, 0.2) is 0 Å². The van der Waals surface area contributed by atoms with Crippen molar-refractivity contribution in [3.63, 3.8) is 0 Å². The second kappa shape index (κ2) is 8.23. The molecule has 0 aliphatic heterocycles. The maximum absolute atomic E-state index is 15.0. The van der Waals surface area contributed by atoms with Crippen LogP contribution < -0.4 is 5.32 Å². The Hall–Kier alpha value is -1.31. The number of carbonyl (C=O) groups is 1. The third kappa shape index (κ3) is 4.21. The van der Waals surface area contributed by atoms with Crippen molar-refractivity contribution in [2.24, 2.45) is 11.3 Å². The van der Waals surface area contributed by atoms with Crippen LogP contribution in [0.2, 0.25) is 5.02 Å². The molecule has 1 amide bonds. The fraction of sp³-hybridized carbons (Fsp3) is 0.696. The lowest BCUT2D eigenvalue weighted by Crippen LogP contribution is -2.42. The number of fused-ring (bicyclic) bond motifs is 2. The van der Waals surface area contributed by atoms with Crippen LogP contribution in [0.15, 0.2) is 12.1 Å². The summed E-state index contributed by atoms with van der Waals surface area (Å²) in [4.78, 5) is 13.2. The Labute approximate surface area is 185 Å². The van der Waals surface area contributed by atoms with Crippen LogP contribution in [0.3, 0.4) is 0 Å². The maximum atomic E-state index is 15.0. The predicted octanol–water partition coefficient (Wildman–Crippen LogP) is 5.01. The van der Waals surface area contributed by atoms with Gasteiger partial charge in [-0.25, -0.2) is 13.2 Å². The molecule has 0 radical (unpaired) electrons. The number of benzene rings is 1. The van der Waals surface area contributed by atoms with Gasteiger partial charge in [0.25, 0.3) is 0 Å². The first-order valence-corrected chi connectivity index (χ1v) is 11.4.